The lowest BCUT2D eigenvalue weighted by Gasteiger charge is -2.22. The van der Waals surface area contributed by atoms with Crippen molar-refractivity contribution in [2.45, 2.75) is 45.3 Å². The van der Waals surface area contributed by atoms with Gasteiger partial charge < -0.3 is 14.8 Å². The van der Waals surface area contributed by atoms with Crippen LogP contribution in [-0.2, 0) is 14.3 Å². The third kappa shape index (κ3) is 12.0. The second-order valence-corrected chi connectivity index (χ2v) is 6.17. The third-order valence-corrected chi connectivity index (χ3v) is 2.16. The zero-order valence-corrected chi connectivity index (χ0v) is 13.6. The molecule has 20 heavy (non-hydrogen) atoms. The Morgan fingerprint density at radius 2 is 1.95 bits per heavy atom. The molecule has 0 fully saturated rings. The highest BCUT2D eigenvalue weighted by molar-refractivity contribution is 6.19. The van der Waals surface area contributed by atoms with Crippen LogP contribution in [0.1, 0.15) is 34.1 Å². The van der Waals surface area contributed by atoms with Crippen molar-refractivity contribution < 1.29 is 19.1 Å². The van der Waals surface area contributed by atoms with Crippen molar-refractivity contribution in [1.82, 2.24) is 10.2 Å². The molecule has 1 N–H and O–H groups in total. The van der Waals surface area contributed by atoms with Crippen LogP contribution < -0.4 is 5.32 Å². The predicted octanol–water partition coefficient (Wildman–Crippen LogP) is 1.96. The van der Waals surface area contributed by atoms with Gasteiger partial charge in [-0.05, 0) is 41.2 Å². The third-order valence-electron chi connectivity index (χ3n) is 2.07. The molecular weight excluding hydrogens is 284 g/mol. The number of alkyl carbamates (subject to hydrolysis) is 1. The molecule has 0 aromatic heterocycles. The number of carbonyl (C=O) groups is 2. The van der Waals surface area contributed by atoms with Gasteiger partial charge in [-0.3, -0.25) is 9.69 Å². The molecule has 0 aliphatic heterocycles. The lowest BCUT2D eigenvalue weighted by Crippen LogP contribution is -2.34. The van der Waals surface area contributed by atoms with E-state index in [0.29, 0.717) is 19.5 Å². The van der Waals surface area contributed by atoms with Gasteiger partial charge in [0, 0.05) is 13.1 Å². The van der Waals surface area contributed by atoms with Crippen LogP contribution in [0.3, 0.4) is 0 Å². The molecule has 0 heterocycles. The van der Waals surface area contributed by atoms with Gasteiger partial charge in [0.05, 0.1) is 6.54 Å². The minimum atomic E-state index is -0.648. The highest BCUT2D eigenvalue weighted by Crippen LogP contribution is 2.07. The number of hydrogen-bond donors (Lipinski definition) is 1. The summed E-state index contributed by atoms with van der Waals surface area (Å²) in [5.74, 6) is -0.261. The maximum Gasteiger partial charge on any atom is 0.408 e. The Hall–Kier alpha value is -1.01. The normalized spacial score (nSPS) is 12.9. The molecule has 0 rings (SSSR count). The summed E-state index contributed by atoms with van der Waals surface area (Å²) in [6.45, 7) is 8.40. The first-order chi connectivity index (χ1) is 9.10. The van der Waals surface area contributed by atoms with E-state index in [9.17, 15) is 9.59 Å². The quantitative estimate of drug-likeness (QED) is 0.442. The van der Waals surface area contributed by atoms with Gasteiger partial charge in [-0.15, -0.1) is 0 Å². The summed E-state index contributed by atoms with van der Waals surface area (Å²) in [6.07, 6.45) is 0.160. The standard InChI is InChI=1S/C13H25ClN2O4/c1-10(14)19-12(18)15-7-6-8-16(5)9-11(17)20-13(2,3)4/h10H,6-9H2,1-5H3,(H,15,18). The van der Waals surface area contributed by atoms with Gasteiger partial charge in [0.1, 0.15) is 5.60 Å². The largest absolute Gasteiger partial charge is 0.459 e. The van der Waals surface area contributed by atoms with E-state index in [-0.39, 0.29) is 12.5 Å². The number of nitrogens with one attached hydrogen (secondary N) is 1. The van der Waals surface area contributed by atoms with Crippen LogP contribution in [0.15, 0.2) is 0 Å². The van der Waals surface area contributed by atoms with E-state index in [1.807, 2.05) is 32.7 Å². The van der Waals surface area contributed by atoms with Crippen LogP contribution in [0.5, 0.6) is 0 Å². The lowest BCUT2D eigenvalue weighted by molar-refractivity contribution is -0.155. The predicted molar refractivity (Wildman–Crippen MR) is 77.8 cm³/mol. The summed E-state index contributed by atoms with van der Waals surface area (Å²) >= 11 is 5.50. The molecule has 118 valence electrons. The summed E-state index contributed by atoms with van der Waals surface area (Å²) in [7, 11) is 1.82. The minimum absolute atomic E-state index is 0.223. The van der Waals surface area contributed by atoms with Crippen molar-refractivity contribution in [3.63, 3.8) is 0 Å². The van der Waals surface area contributed by atoms with E-state index in [4.69, 9.17) is 21.1 Å². The van der Waals surface area contributed by atoms with Crippen molar-refractivity contribution in [2.75, 3.05) is 26.7 Å². The fraction of sp³-hybridized carbons (Fsp3) is 0.846. The maximum atomic E-state index is 11.6. The number of nitrogens with zero attached hydrogens (tertiary/aromatic N) is 1. The fourth-order valence-corrected chi connectivity index (χ4v) is 1.48. The number of esters is 1. The Balaban J connectivity index is 3.71. The van der Waals surface area contributed by atoms with Crippen LogP contribution in [-0.4, -0.2) is 54.8 Å². The number of likely N-dealkylation sites (N-methyl/N-ethyl adjacent to an activating group) is 1. The number of rotatable bonds is 7. The number of alkyl halides is 1. The molecule has 0 saturated heterocycles. The van der Waals surface area contributed by atoms with Gasteiger partial charge in [0.2, 0.25) is 0 Å². The van der Waals surface area contributed by atoms with Gasteiger partial charge in [-0.25, -0.2) is 4.79 Å². The monoisotopic (exact) mass is 308 g/mol. The molecule has 1 amide bonds. The molecule has 0 saturated carbocycles. The molecule has 7 heteroatoms. The van der Waals surface area contributed by atoms with E-state index in [0.717, 1.165) is 0 Å². The molecule has 0 radical (unpaired) electrons. The molecule has 1 unspecified atom stereocenters. The topological polar surface area (TPSA) is 67.9 Å². The summed E-state index contributed by atoms with van der Waals surface area (Å²) in [6, 6.07) is 0. The molecule has 6 nitrogen and oxygen atoms in total. The van der Waals surface area contributed by atoms with Gasteiger partial charge >= 0.3 is 12.1 Å². The molecular formula is C13H25ClN2O4. The molecule has 0 aliphatic carbocycles. The van der Waals surface area contributed by atoms with Crippen molar-refractivity contribution in [3.05, 3.63) is 0 Å². The highest BCUT2D eigenvalue weighted by Gasteiger charge is 2.17. The zero-order valence-electron chi connectivity index (χ0n) is 12.9. The zero-order chi connectivity index (χ0) is 15.8. The van der Waals surface area contributed by atoms with Crippen LogP contribution in [0, 0.1) is 0 Å². The van der Waals surface area contributed by atoms with Gasteiger partial charge in [-0.2, -0.15) is 0 Å². The van der Waals surface area contributed by atoms with Crippen molar-refractivity contribution in [3.8, 4) is 0 Å². The molecule has 0 bridgehead atoms. The summed E-state index contributed by atoms with van der Waals surface area (Å²) < 4.78 is 9.92. The first-order valence-electron chi connectivity index (χ1n) is 6.59. The van der Waals surface area contributed by atoms with E-state index in [1.54, 1.807) is 6.92 Å². The maximum absolute atomic E-state index is 11.6. The second-order valence-electron chi connectivity index (χ2n) is 5.55. The van der Waals surface area contributed by atoms with Gasteiger partial charge in [0.25, 0.3) is 0 Å². The Labute approximate surface area is 125 Å². The first-order valence-corrected chi connectivity index (χ1v) is 7.03. The Morgan fingerprint density at radius 3 is 2.45 bits per heavy atom. The number of halogens is 1. The Bertz CT molecular complexity index is 316. The Morgan fingerprint density at radius 1 is 1.35 bits per heavy atom. The molecule has 0 aromatic carbocycles. The van der Waals surface area contributed by atoms with Crippen molar-refractivity contribution in [2.24, 2.45) is 0 Å². The highest BCUT2D eigenvalue weighted by atomic mass is 35.5. The molecule has 0 spiro atoms. The van der Waals surface area contributed by atoms with E-state index < -0.39 is 17.3 Å². The van der Waals surface area contributed by atoms with Crippen LogP contribution in [0.25, 0.3) is 0 Å². The second kappa shape index (κ2) is 9.02. The van der Waals surface area contributed by atoms with Crippen LogP contribution in [0.4, 0.5) is 4.79 Å². The van der Waals surface area contributed by atoms with Gasteiger partial charge in [0.15, 0.2) is 5.56 Å². The van der Waals surface area contributed by atoms with E-state index in [2.05, 4.69) is 5.32 Å². The molecule has 0 aromatic rings. The summed E-state index contributed by atoms with van der Waals surface area (Å²) in [5, 5.41) is 2.57. The van der Waals surface area contributed by atoms with Crippen LogP contribution >= 0.6 is 11.6 Å². The first kappa shape index (κ1) is 19.0. The average molecular weight is 309 g/mol. The van der Waals surface area contributed by atoms with Crippen molar-refractivity contribution >= 4 is 23.7 Å². The molecule has 1 atom stereocenters. The number of amides is 1. The van der Waals surface area contributed by atoms with Crippen LogP contribution in [0.2, 0.25) is 0 Å². The SMILES string of the molecule is CC(Cl)OC(=O)NCCCN(C)CC(=O)OC(C)(C)C. The number of ether oxygens (including phenoxy) is 2. The van der Waals surface area contributed by atoms with E-state index in [1.165, 1.54) is 0 Å². The minimum Gasteiger partial charge on any atom is -0.459 e. The molecule has 0 aliphatic rings. The smallest absolute Gasteiger partial charge is 0.408 e. The number of carbonyl (C=O) groups excluding carboxylic acids is 2. The summed E-state index contributed by atoms with van der Waals surface area (Å²) in [4.78, 5) is 24.5. The lowest BCUT2D eigenvalue weighted by atomic mass is 10.2. The number of hydrogen-bond acceptors (Lipinski definition) is 5. The van der Waals surface area contributed by atoms with Gasteiger partial charge in [-0.1, -0.05) is 11.6 Å². The van der Waals surface area contributed by atoms with E-state index >= 15 is 0 Å². The Kier molecular flexibility index (Phi) is 8.57. The fourth-order valence-electron chi connectivity index (χ4n) is 1.40. The average Bonchev–Trinajstić information content (AvgIpc) is 2.20. The van der Waals surface area contributed by atoms with Crippen molar-refractivity contribution in [1.29, 1.82) is 0 Å². The summed E-state index contributed by atoms with van der Waals surface area (Å²) in [5.41, 5.74) is -1.12.